The summed E-state index contributed by atoms with van der Waals surface area (Å²) in [6.07, 6.45) is 1.12. The number of sulfonamides is 1. The highest BCUT2D eigenvalue weighted by Gasteiger charge is 2.52. The first-order valence-electron chi connectivity index (χ1n) is 13.9. The van der Waals surface area contributed by atoms with Crippen LogP contribution >= 0.6 is 0 Å². The molecule has 0 saturated carbocycles. The summed E-state index contributed by atoms with van der Waals surface area (Å²) in [5, 5.41) is 12.2. The molecule has 224 valence electrons. The van der Waals surface area contributed by atoms with Crippen LogP contribution in [0.15, 0.2) is 29.2 Å². The molecule has 13 heteroatoms. The van der Waals surface area contributed by atoms with Gasteiger partial charge in [0.2, 0.25) is 21.8 Å². The standard InChI is InChI=1S/C28H40N6O6S/c1-18(19-9-7-11-22(13-19)41(38,39)31(5)6)34-21-14-24(26(34)36)32(16-21)17-23(30-27(37)40-28(2,3)4)25(35)33-12-8-10-20(33)15-29/h7,9,11,13,18,20-21,23-24H,8,10,12,14,16-17H2,1-6H3,(H,30,37)/t18-,20+,21-,23+,24-/m1/s1. The number of nitrogens with zero attached hydrogens (tertiary/aromatic N) is 5. The van der Waals surface area contributed by atoms with E-state index in [-0.39, 0.29) is 35.3 Å². The quantitative estimate of drug-likeness (QED) is 0.483. The Balaban J connectivity index is 1.50. The number of hydrogen-bond acceptors (Lipinski definition) is 8. The Kier molecular flexibility index (Phi) is 8.68. The van der Waals surface area contributed by atoms with Crippen LogP contribution in [0.25, 0.3) is 0 Å². The summed E-state index contributed by atoms with van der Waals surface area (Å²) in [6, 6.07) is 6.32. The number of nitrogens with one attached hydrogen (secondary N) is 1. The average molecular weight is 589 g/mol. The number of carbonyl (C=O) groups is 3. The molecule has 1 aromatic rings. The third-order valence-electron chi connectivity index (χ3n) is 7.94. The van der Waals surface area contributed by atoms with Gasteiger partial charge in [0.1, 0.15) is 17.7 Å². The first kappa shape index (κ1) is 30.7. The van der Waals surface area contributed by atoms with E-state index < -0.39 is 39.8 Å². The maximum Gasteiger partial charge on any atom is 0.408 e. The van der Waals surface area contributed by atoms with Gasteiger partial charge < -0.3 is 19.9 Å². The molecule has 3 aliphatic rings. The van der Waals surface area contributed by atoms with Gasteiger partial charge >= 0.3 is 6.09 Å². The molecule has 41 heavy (non-hydrogen) atoms. The van der Waals surface area contributed by atoms with Crippen molar-refractivity contribution in [2.45, 2.75) is 87.7 Å². The Morgan fingerprint density at radius 1 is 1.27 bits per heavy atom. The predicted molar refractivity (Wildman–Crippen MR) is 150 cm³/mol. The van der Waals surface area contributed by atoms with Crippen LogP contribution in [0.3, 0.4) is 0 Å². The van der Waals surface area contributed by atoms with Crippen molar-refractivity contribution in [1.29, 1.82) is 5.26 Å². The summed E-state index contributed by atoms with van der Waals surface area (Å²) >= 11 is 0. The topological polar surface area (TPSA) is 143 Å². The molecule has 4 rings (SSSR count). The molecule has 3 saturated heterocycles. The van der Waals surface area contributed by atoms with Crippen molar-refractivity contribution in [3.8, 4) is 6.07 Å². The Bertz CT molecular complexity index is 1340. The van der Waals surface area contributed by atoms with Crippen LogP contribution in [0.2, 0.25) is 0 Å². The van der Waals surface area contributed by atoms with Crippen LogP contribution in [0.4, 0.5) is 4.79 Å². The second-order valence-corrected chi connectivity index (χ2v) is 14.3. The molecule has 0 aromatic heterocycles. The molecule has 3 aliphatic heterocycles. The summed E-state index contributed by atoms with van der Waals surface area (Å²) in [4.78, 5) is 45.2. The van der Waals surface area contributed by atoms with E-state index >= 15 is 0 Å². The number of likely N-dealkylation sites (tertiary alicyclic amines) is 3. The number of hydrogen-bond donors (Lipinski definition) is 1. The highest BCUT2D eigenvalue weighted by Crippen LogP contribution is 2.38. The van der Waals surface area contributed by atoms with E-state index in [1.165, 1.54) is 25.1 Å². The molecular formula is C28H40N6O6S. The van der Waals surface area contributed by atoms with Gasteiger partial charge in [-0.05, 0) is 64.7 Å². The number of piperazine rings is 1. The minimum atomic E-state index is -3.62. The third-order valence-corrected chi connectivity index (χ3v) is 9.75. The normalized spacial score (nSPS) is 24.4. The van der Waals surface area contributed by atoms with Gasteiger partial charge in [-0.15, -0.1) is 0 Å². The first-order valence-corrected chi connectivity index (χ1v) is 15.4. The second kappa shape index (κ2) is 11.6. The minimum absolute atomic E-state index is 0.103. The van der Waals surface area contributed by atoms with E-state index in [4.69, 9.17) is 4.74 Å². The van der Waals surface area contributed by atoms with Crippen LogP contribution in [0.1, 0.15) is 58.6 Å². The van der Waals surface area contributed by atoms with Gasteiger partial charge in [0, 0.05) is 39.8 Å². The number of nitriles is 1. The van der Waals surface area contributed by atoms with Crippen molar-refractivity contribution in [3.63, 3.8) is 0 Å². The van der Waals surface area contributed by atoms with Gasteiger partial charge in [0.15, 0.2) is 0 Å². The molecule has 0 unspecified atom stereocenters. The van der Waals surface area contributed by atoms with Crippen LogP contribution < -0.4 is 5.32 Å². The van der Waals surface area contributed by atoms with E-state index in [1.807, 2.05) is 17.9 Å². The fraction of sp³-hybridized carbons (Fsp3) is 0.643. The van der Waals surface area contributed by atoms with Gasteiger partial charge in [0.25, 0.3) is 0 Å². The van der Waals surface area contributed by atoms with E-state index in [1.54, 1.807) is 37.8 Å². The van der Waals surface area contributed by atoms with Crippen LogP contribution in [-0.2, 0) is 24.3 Å². The zero-order chi connectivity index (χ0) is 30.3. The summed E-state index contributed by atoms with van der Waals surface area (Å²) in [6.45, 7) is 8.12. The molecule has 2 bridgehead atoms. The zero-order valence-electron chi connectivity index (χ0n) is 24.5. The molecule has 0 aliphatic carbocycles. The fourth-order valence-corrected chi connectivity index (χ4v) is 6.90. The fourth-order valence-electron chi connectivity index (χ4n) is 5.94. The Labute approximate surface area is 242 Å². The Morgan fingerprint density at radius 2 is 1.98 bits per heavy atom. The van der Waals surface area contributed by atoms with Gasteiger partial charge in [-0.2, -0.15) is 5.26 Å². The van der Waals surface area contributed by atoms with Crippen molar-refractivity contribution in [2.24, 2.45) is 0 Å². The van der Waals surface area contributed by atoms with Gasteiger partial charge in [-0.1, -0.05) is 12.1 Å². The van der Waals surface area contributed by atoms with Crippen LogP contribution in [-0.4, -0.2) is 109 Å². The van der Waals surface area contributed by atoms with Crippen molar-refractivity contribution in [2.75, 3.05) is 33.7 Å². The Morgan fingerprint density at radius 3 is 2.59 bits per heavy atom. The molecule has 0 radical (unpaired) electrons. The lowest BCUT2D eigenvalue weighted by Gasteiger charge is -2.39. The van der Waals surface area contributed by atoms with E-state index in [9.17, 15) is 28.1 Å². The molecule has 3 fully saturated rings. The van der Waals surface area contributed by atoms with Crippen molar-refractivity contribution in [1.82, 2.24) is 24.3 Å². The lowest BCUT2D eigenvalue weighted by atomic mass is 10.1. The van der Waals surface area contributed by atoms with E-state index in [0.29, 0.717) is 32.4 Å². The number of fused-ring (bicyclic) bond motifs is 2. The Hall–Kier alpha value is -3.21. The maximum atomic E-state index is 13.6. The van der Waals surface area contributed by atoms with Crippen molar-refractivity contribution < 1.29 is 27.5 Å². The van der Waals surface area contributed by atoms with Crippen LogP contribution in [0, 0.1) is 11.3 Å². The SMILES string of the molecule is C[C@H](c1cccc(S(=O)(=O)N(C)C)c1)N1C(=O)[C@H]2C[C@@H]1CN2C[C@H](NC(=O)OC(C)(C)C)C(=O)N1CCC[C@H]1C#N. The summed E-state index contributed by atoms with van der Waals surface area (Å²) in [7, 11) is -0.674. The minimum Gasteiger partial charge on any atom is -0.444 e. The predicted octanol–water partition coefficient (Wildman–Crippen LogP) is 1.69. The number of carbonyl (C=O) groups excluding carboxylic acids is 3. The molecule has 3 heterocycles. The molecule has 5 atom stereocenters. The molecule has 12 nitrogen and oxygen atoms in total. The average Bonchev–Trinajstić information content (AvgIpc) is 3.61. The zero-order valence-corrected chi connectivity index (χ0v) is 25.3. The second-order valence-electron chi connectivity index (χ2n) is 12.2. The summed E-state index contributed by atoms with van der Waals surface area (Å²) in [5.41, 5.74) is -0.0418. The molecule has 0 spiro atoms. The third kappa shape index (κ3) is 6.34. The number of ether oxygens (including phenoxy) is 1. The van der Waals surface area contributed by atoms with Crippen LogP contribution in [0.5, 0.6) is 0 Å². The lowest BCUT2D eigenvalue weighted by Crippen LogP contribution is -2.59. The molecule has 1 N–H and O–H groups in total. The van der Waals surface area contributed by atoms with Crippen molar-refractivity contribution >= 4 is 27.9 Å². The maximum absolute atomic E-state index is 13.6. The van der Waals surface area contributed by atoms with E-state index in [2.05, 4.69) is 11.4 Å². The molecular weight excluding hydrogens is 548 g/mol. The van der Waals surface area contributed by atoms with Gasteiger partial charge in [0.05, 0.1) is 23.0 Å². The number of amides is 3. The van der Waals surface area contributed by atoms with Crippen molar-refractivity contribution in [3.05, 3.63) is 29.8 Å². The van der Waals surface area contributed by atoms with Gasteiger partial charge in [-0.3, -0.25) is 14.5 Å². The van der Waals surface area contributed by atoms with Gasteiger partial charge in [-0.25, -0.2) is 17.5 Å². The number of benzene rings is 1. The molecule has 3 amide bonds. The molecule has 1 aromatic carbocycles. The summed E-state index contributed by atoms with van der Waals surface area (Å²) in [5.74, 6) is -0.464. The highest BCUT2D eigenvalue weighted by atomic mass is 32.2. The highest BCUT2D eigenvalue weighted by molar-refractivity contribution is 7.89. The monoisotopic (exact) mass is 588 g/mol. The lowest BCUT2D eigenvalue weighted by molar-refractivity contribution is -0.141. The first-order chi connectivity index (χ1) is 19.1. The largest absolute Gasteiger partial charge is 0.444 e. The van der Waals surface area contributed by atoms with E-state index in [0.717, 1.165) is 9.87 Å². The number of alkyl carbamates (subject to hydrolysis) is 1. The smallest absolute Gasteiger partial charge is 0.408 e. The number of rotatable bonds is 8. The summed E-state index contributed by atoms with van der Waals surface area (Å²) < 4.78 is 31.9.